The average molecular weight is 225 g/mol. The number of aromatic nitrogens is 1. The molecule has 1 saturated heterocycles. The number of hydrogen-bond donors (Lipinski definition) is 2. The van der Waals surface area contributed by atoms with Gasteiger partial charge in [-0.25, -0.2) is 0 Å². The molecule has 1 aliphatic heterocycles. The molecule has 1 aromatic heterocycles. The number of amides is 1. The summed E-state index contributed by atoms with van der Waals surface area (Å²) in [5, 5.41) is 9.67. The van der Waals surface area contributed by atoms with Gasteiger partial charge in [-0.3, -0.25) is 4.79 Å². The summed E-state index contributed by atoms with van der Waals surface area (Å²) >= 11 is 0. The van der Waals surface area contributed by atoms with Crippen molar-refractivity contribution in [3.8, 4) is 0 Å². The Morgan fingerprint density at radius 3 is 3.12 bits per heavy atom. The summed E-state index contributed by atoms with van der Waals surface area (Å²) in [5.41, 5.74) is 0.305. The van der Waals surface area contributed by atoms with E-state index in [0.29, 0.717) is 18.0 Å². The first-order valence-corrected chi connectivity index (χ1v) is 5.18. The van der Waals surface area contributed by atoms with Crippen LogP contribution in [0.3, 0.4) is 0 Å². The molecular weight excluding hydrogens is 210 g/mol. The van der Waals surface area contributed by atoms with Crippen molar-refractivity contribution in [2.45, 2.75) is 19.1 Å². The summed E-state index contributed by atoms with van der Waals surface area (Å²) in [6.07, 6.45) is 0.0111. The standard InChI is InChI=1S/C10H15N3O3/c1-6-3-7(13-16-6)10(14)12-8-4-11-5-9(8)15-2/h3,8-9,11H,4-5H2,1-2H3,(H,12,14)/t8?,9-/m0/s1. The molecule has 0 bridgehead atoms. The molecular formula is C10H15N3O3. The van der Waals surface area contributed by atoms with Gasteiger partial charge < -0.3 is 19.9 Å². The Hall–Kier alpha value is -1.40. The van der Waals surface area contributed by atoms with Crippen LogP contribution in [0.25, 0.3) is 0 Å². The SMILES string of the molecule is CO[C@H]1CNCC1NC(=O)c1cc(C)on1. The van der Waals surface area contributed by atoms with Crippen LogP contribution in [-0.2, 0) is 4.74 Å². The van der Waals surface area contributed by atoms with Crippen molar-refractivity contribution in [2.24, 2.45) is 0 Å². The fraction of sp³-hybridized carbons (Fsp3) is 0.600. The molecule has 1 unspecified atom stereocenters. The van der Waals surface area contributed by atoms with Crippen molar-refractivity contribution in [3.05, 3.63) is 17.5 Å². The Morgan fingerprint density at radius 2 is 2.50 bits per heavy atom. The lowest BCUT2D eigenvalue weighted by atomic mass is 10.2. The number of methoxy groups -OCH3 is 1. The highest BCUT2D eigenvalue weighted by Gasteiger charge is 2.29. The monoisotopic (exact) mass is 225 g/mol. The molecule has 0 radical (unpaired) electrons. The van der Waals surface area contributed by atoms with Gasteiger partial charge in [0.05, 0.1) is 12.1 Å². The maximum atomic E-state index is 11.8. The Kier molecular flexibility index (Phi) is 3.21. The third-order valence-electron chi connectivity index (χ3n) is 2.64. The second-order valence-electron chi connectivity index (χ2n) is 3.84. The van der Waals surface area contributed by atoms with Crippen LogP contribution < -0.4 is 10.6 Å². The third kappa shape index (κ3) is 2.23. The molecule has 2 heterocycles. The molecule has 1 amide bonds. The van der Waals surface area contributed by atoms with E-state index in [9.17, 15) is 4.79 Å². The summed E-state index contributed by atoms with van der Waals surface area (Å²) in [6, 6.07) is 1.59. The predicted octanol–water partition coefficient (Wildman–Crippen LogP) is -0.300. The summed E-state index contributed by atoms with van der Waals surface area (Å²) in [5.74, 6) is 0.394. The molecule has 6 heteroatoms. The average Bonchev–Trinajstić information content (AvgIpc) is 2.86. The molecule has 1 aliphatic rings. The van der Waals surface area contributed by atoms with Crippen LogP contribution in [0.1, 0.15) is 16.2 Å². The third-order valence-corrected chi connectivity index (χ3v) is 2.64. The van der Waals surface area contributed by atoms with Crippen LogP contribution in [0.2, 0.25) is 0 Å². The number of carbonyl (C=O) groups excluding carboxylic acids is 1. The van der Waals surface area contributed by atoms with Gasteiger partial charge in [0.15, 0.2) is 5.69 Å². The molecule has 1 fully saturated rings. The molecule has 2 rings (SSSR count). The van der Waals surface area contributed by atoms with E-state index in [1.165, 1.54) is 0 Å². The topological polar surface area (TPSA) is 76.4 Å². The van der Waals surface area contributed by atoms with Crippen LogP contribution >= 0.6 is 0 Å². The van der Waals surface area contributed by atoms with E-state index in [4.69, 9.17) is 9.26 Å². The molecule has 0 spiro atoms. The minimum atomic E-state index is -0.229. The smallest absolute Gasteiger partial charge is 0.273 e. The van der Waals surface area contributed by atoms with Gasteiger partial charge in [-0.2, -0.15) is 0 Å². The predicted molar refractivity (Wildman–Crippen MR) is 56.2 cm³/mol. The van der Waals surface area contributed by atoms with E-state index in [1.54, 1.807) is 20.1 Å². The van der Waals surface area contributed by atoms with Crippen LogP contribution in [0.5, 0.6) is 0 Å². The summed E-state index contributed by atoms with van der Waals surface area (Å²) < 4.78 is 10.1. The lowest BCUT2D eigenvalue weighted by Gasteiger charge is -2.17. The zero-order valence-electron chi connectivity index (χ0n) is 9.32. The highest BCUT2D eigenvalue weighted by atomic mass is 16.5. The molecule has 2 atom stereocenters. The van der Waals surface area contributed by atoms with Gasteiger partial charge in [0, 0.05) is 26.3 Å². The van der Waals surface area contributed by atoms with Crippen molar-refractivity contribution in [3.63, 3.8) is 0 Å². The second kappa shape index (κ2) is 4.63. The Bertz CT molecular complexity index is 377. The van der Waals surface area contributed by atoms with E-state index < -0.39 is 0 Å². The quantitative estimate of drug-likeness (QED) is 0.738. The van der Waals surface area contributed by atoms with Crippen molar-refractivity contribution < 1.29 is 14.1 Å². The Labute approximate surface area is 93.3 Å². The number of hydrogen-bond acceptors (Lipinski definition) is 5. The molecule has 6 nitrogen and oxygen atoms in total. The van der Waals surface area contributed by atoms with E-state index >= 15 is 0 Å². The van der Waals surface area contributed by atoms with E-state index in [1.807, 2.05) is 0 Å². The van der Waals surface area contributed by atoms with Gasteiger partial charge >= 0.3 is 0 Å². The molecule has 88 valence electrons. The summed E-state index contributed by atoms with van der Waals surface area (Å²) in [4.78, 5) is 11.8. The zero-order valence-corrected chi connectivity index (χ0v) is 9.32. The number of carbonyl (C=O) groups is 1. The summed E-state index contributed by atoms with van der Waals surface area (Å²) in [7, 11) is 1.64. The first-order chi connectivity index (χ1) is 7.70. The van der Waals surface area contributed by atoms with Gasteiger partial charge in [-0.15, -0.1) is 0 Å². The van der Waals surface area contributed by atoms with Crippen molar-refractivity contribution in [1.82, 2.24) is 15.8 Å². The highest BCUT2D eigenvalue weighted by molar-refractivity contribution is 5.92. The number of aryl methyl sites for hydroxylation is 1. The molecule has 0 aromatic carbocycles. The van der Waals surface area contributed by atoms with E-state index in [0.717, 1.165) is 6.54 Å². The molecule has 0 saturated carbocycles. The van der Waals surface area contributed by atoms with Crippen molar-refractivity contribution in [1.29, 1.82) is 0 Å². The number of nitrogens with zero attached hydrogens (tertiary/aromatic N) is 1. The Morgan fingerprint density at radius 1 is 1.69 bits per heavy atom. The van der Waals surface area contributed by atoms with Gasteiger partial charge in [-0.1, -0.05) is 5.16 Å². The fourth-order valence-corrected chi connectivity index (χ4v) is 1.76. The van der Waals surface area contributed by atoms with Gasteiger partial charge in [0.1, 0.15) is 5.76 Å². The fourth-order valence-electron chi connectivity index (χ4n) is 1.76. The minimum absolute atomic E-state index is 0.0111. The number of ether oxygens (including phenoxy) is 1. The van der Waals surface area contributed by atoms with Crippen LogP contribution in [0, 0.1) is 6.92 Å². The first-order valence-electron chi connectivity index (χ1n) is 5.18. The van der Waals surface area contributed by atoms with Gasteiger partial charge in [-0.05, 0) is 6.92 Å². The minimum Gasteiger partial charge on any atom is -0.378 e. The van der Waals surface area contributed by atoms with E-state index in [-0.39, 0.29) is 18.1 Å². The number of rotatable bonds is 3. The second-order valence-corrected chi connectivity index (χ2v) is 3.84. The molecule has 2 N–H and O–H groups in total. The van der Waals surface area contributed by atoms with Crippen LogP contribution in [-0.4, -0.2) is 43.4 Å². The zero-order chi connectivity index (χ0) is 11.5. The lowest BCUT2D eigenvalue weighted by Crippen LogP contribution is -2.43. The largest absolute Gasteiger partial charge is 0.378 e. The maximum Gasteiger partial charge on any atom is 0.273 e. The van der Waals surface area contributed by atoms with Crippen molar-refractivity contribution >= 4 is 5.91 Å². The van der Waals surface area contributed by atoms with Crippen LogP contribution in [0.15, 0.2) is 10.6 Å². The molecule has 1 aromatic rings. The highest BCUT2D eigenvalue weighted by Crippen LogP contribution is 2.06. The molecule has 0 aliphatic carbocycles. The van der Waals surface area contributed by atoms with Gasteiger partial charge in [0.25, 0.3) is 5.91 Å². The number of nitrogens with one attached hydrogen (secondary N) is 2. The molecule has 16 heavy (non-hydrogen) atoms. The van der Waals surface area contributed by atoms with Gasteiger partial charge in [0.2, 0.25) is 0 Å². The summed E-state index contributed by atoms with van der Waals surface area (Å²) in [6.45, 7) is 3.21. The maximum absolute atomic E-state index is 11.8. The Balaban J connectivity index is 1.97. The lowest BCUT2D eigenvalue weighted by molar-refractivity contribution is 0.0773. The first kappa shape index (κ1) is 11.1. The van der Waals surface area contributed by atoms with E-state index in [2.05, 4.69) is 15.8 Å². The van der Waals surface area contributed by atoms with Crippen molar-refractivity contribution in [2.75, 3.05) is 20.2 Å². The van der Waals surface area contributed by atoms with Crippen LogP contribution in [0.4, 0.5) is 0 Å². The normalized spacial score (nSPS) is 24.6.